The van der Waals surface area contributed by atoms with Crippen LogP contribution in [0.3, 0.4) is 0 Å². The molecule has 0 radical (unpaired) electrons. The monoisotopic (exact) mass is 169 g/mol. The molecule has 0 bridgehead atoms. The number of amidine groups is 1. The van der Waals surface area contributed by atoms with Crippen molar-refractivity contribution in [1.82, 2.24) is 5.32 Å². The van der Waals surface area contributed by atoms with Crippen molar-refractivity contribution in [2.45, 2.75) is 32.1 Å². The second-order valence-corrected chi connectivity index (χ2v) is 3.21. The van der Waals surface area contributed by atoms with Gasteiger partial charge in [-0.1, -0.05) is 6.42 Å². The second-order valence-electron chi connectivity index (χ2n) is 3.21. The van der Waals surface area contributed by atoms with Crippen LogP contribution in [0.25, 0.3) is 0 Å². The molecule has 0 aromatic rings. The summed E-state index contributed by atoms with van der Waals surface area (Å²) in [6.45, 7) is 2.75. The summed E-state index contributed by atoms with van der Waals surface area (Å²) in [7, 11) is 0. The van der Waals surface area contributed by atoms with Crippen molar-refractivity contribution in [3.63, 3.8) is 0 Å². The topological polar surface area (TPSA) is 50.4 Å². The van der Waals surface area contributed by atoms with Crippen LogP contribution >= 0.6 is 0 Å². The van der Waals surface area contributed by atoms with Gasteiger partial charge in [-0.25, -0.2) is 0 Å². The van der Waals surface area contributed by atoms with E-state index in [4.69, 9.17) is 5.73 Å². The molecule has 0 aromatic carbocycles. The highest BCUT2D eigenvalue weighted by atomic mass is 15.0. The third-order valence-corrected chi connectivity index (χ3v) is 2.08. The minimum atomic E-state index is 0.764. The normalized spacial score (nSPS) is 18.2. The molecular formula is C9H19N3. The summed E-state index contributed by atoms with van der Waals surface area (Å²) in [6, 6.07) is 0. The highest BCUT2D eigenvalue weighted by Crippen LogP contribution is 2.05. The molecule has 1 aliphatic heterocycles. The van der Waals surface area contributed by atoms with Gasteiger partial charge in [0.1, 0.15) is 0 Å². The van der Waals surface area contributed by atoms with E-state index < -0.39 is 0 Å². The predicted octanol–water partition coefficient (Wildman–Crippen LogP) is 0.897. The first kappa shape index (κ1) is 9.52. The van der Waals surface area contributed by atoms with Crippen molar-refractivity contribution >= 4 is 5.84 Å². The molecule has 1 rings (SSSR count). The lowest BCUT2D eigenvalue weighted by Gasteiger charge is -2.06. The van der Waals surface area contributed by atoms with Crippen LogP contribution in [0.2, 0.25) is 0 Å². The molecule has 0 amide bonds. The van der Waals surface area contributed by atoms with Crippen LogP contribution in [0.1, 0.15) is 32.1 Å². The van der Waals surface area contributed by atoms with Crippen LogP contribution < -0.4 is 11.1 Å². The number of nitrogens with one attached hydrogen (secondary N) is 1. The summed E-state index contributed by atoms with van der Waals surface area (Å²) >= 11 is 0. The number of rotatable bonds is 3. The van der Waals surface area contributed by atoms with Crippen LogP contribution in [0.4, 0.5) is 0 Å². The molecule has 3 nitrogen and oxygen atoms in total. The Kier molecular flexibility index (Phi) is 4.76. The van der Waals surface area contributed by atoms with Gasteiger partial charge >= 0.3 is 0 Å². The predicted molar refractivity (Wildman–Crippen MR) is 52.4 cm³/mol. The molecule has 3 heteroatoms. The zero-order chi connectivity index (χ0) is 8.65. The van der Waals surface area contributed by atoms with Crippen LogP contribution in [0, 0.1) is 0 Å². The molecule has 0 saturated carbocycles. The maximum absolute atomic E-state index is 5.40. The van der Waals surface area contributed by atoms with E-state index >= 15 is 0 Å². The van der Waals surface area contributed by atoms with Crippen LogP contribution in [-0.2, 0) is 0 Å². The molecule has 0 unspecified atom stereocenters. The van der Waals surface area contributed by atoms with E-state index in [2.05, 4.69) is 10.3 Å². The molecule has 0 aromatic heterocycles. The van der Waals surface area contributed by atoms with E-state index in [0.29, 0.717) is 0 Å². The van der Waals surface area contributed by atoms with Crippen molar-refractivity contribution in [1.29, 1.82) is 0 Å². The SMILES string of the molecule is NCCCNC1=NCCCCC1. The second kappa shape index (κ2) is 6.00. The summed E-state index contributed by atoms with van der Waals surface area (Å²) in [4.78, 5) is 4.46. The largest absolute Gasteiger partial charge is 0.374 e. The molecule has 0 spiro atoms. The third-order valence-electron chi connectivity index (χ3n) is 2.08. The lowest BCUT2D eigenvalue weighted by molar-refractivity contribution is 0.725. The van der Waals surface area contributed by atoms with Crippen LogP contribution in [0.15, 0.2) is 4.99 Å². The van der Waals surface area contributed by atoms with E-state index in [1.54, 1.807) is 0 Å². The van der Waals surface area contributed by atoms with Gasteiger partial charge in [-0.2, -0.15) is 0 Å². The molecule has 0 aliphatic carbocycles. The molecule has 1 heterocycles. The fourth-order valence-electron chi connectivity index (χ4n) is 1.35. The Morgan fingerprint density at radius 3 is 3.08 bits per heavy atom. The third kappa shape index (κ3) is 3.72. The fraction of sp³-hybridized carbons (Fsp3) is 0.889. The van der Waals surface area contributed by atoms with Gasteiger partial charge in [0.05, 0.1) is 5.84 Å². The van der Waals surface area contributed by atoms with E-state index in [-0.39, 0.29) is 0 Å². The van der Waals surface area contributed by atoms with Gasteiger partial charge in [0.25, 0.3) is 0 Å². The fourth-order valence-corrected chi connectivity index (χ4v) is 1.35. The lowest BCUT2D eigenvalue weighted by Crippen LogP contribution is -2.25. The zero-order valence-electron chi connectivity index (χ0n) is 7.68. The van der Waals surface area contributed by atoms with E-state index in [1.165, 1.54) is 25.1 Å². The first-order chi connectivity index (χ1) is 5.93. The number of nitrogens with two attached hydrogens (primary N) is 1. The van der Waals surface area contributed by atoms with Crippen molar-refractivity contribution in [3.05, 3.63) is 0 Å². The molecule has 12 heavy (non-hydrogen) atoms. The molecule has 0 fully saturated rings. The maximum atomic E-state index is 5.40. The van der Waals surface area contributed by atoms with Gasteiger partial charge in [0.2, 0.25) is 0 Å². The Hall–Kier alpha value is -0.570. The Bertz CT molecular complexity index is 143. The number of hydrogen-bond donors (Lipinski definition) is 2. The Balaban J connectivity index is 2.15. The quantitative estimate of drug-likeness (QED) is 0.617. The van der Waals surface area contributed by atoms with Gasteiger partial charge in [-0.15, -0.1) is 0 Å². The van der Waals surface area contributed by atoms with Gasteiger partial charge in [-0.3, -0.25) is 4.99 Å². The Labute approximate surface area is 74.4 Å². The number of hydrogen-bond acceptors (Lipinski definition) is 3. The van der Waals surface area contributed by atoms with Crippen LogP contribution in [-0.4, -0.2) is 25.5 Å². The van der Waals surface area contributed by atoms with Crippen molar-refractivity contribution in [2.75, 3.05) is 19.6 Å². The standard InChI is InChI=1S/C9H19N3/c10-6-4-8-12-9-5-2-1-3-7-11-9/h1-8,10H2,(H,11,12). The zero-order valence-corrected chi connectivity index (χ0v) is 7.68. The summed E-state index contributed by atoms with van der Waals surface area (Å²) in [5.74, 6) is 1.20. The Morgan fingerprint density at radius 1 is 1.33 bits per heavy atom. The Morgan fingerprint density at radius 2 is 2.25 bits per heavy atom. The lowest BCUT2D eigenvalue weighted by atomic mass is 10.2. The molecule has 1 aliphatic rings. The van der Waals surface area contributed by atoms with E-state index in [0.717, 1.165) is 32.5 Å². The highest BCUT2D eigenvalue weighted by Gasteiger charge is 2.01. The maximum Gasteiger partial charge on any atom is 0.0963 e. The molecule has 3 N–H and O–H groups in total. The smallest absolute Gasteiger partial charge is 0.0963 e. The molecule has 70 valence electrons. The van der Waals surface area contributed by atoms with Gasteiger partial charge in [0.15, 0.2) is 0 Å². The minimum absolute atomic E-state index is 0.764. The van der Waals surface area contributed by atoms with Crippen molar-refractivity contribution in [2.24, 2.45) is 10.7 Å². The van der Waals surface area contributed by atoms with Crippen molar-refractivity contribution in [3.8, 4) is 0 Å². The van der Waals surface area contributed by atoms with Gasteiger partial charge < -0.3 is 11.1 Å². The minimum Gasteiger partial charge on any atom is -0.374 e. The summed E-state index contributed by atoms with van der Waals surface area (Å²) < 4.78 is 0. The molecular weight excluding hydrogens is 150 g/mol. The summed E-state index contributed by atoms with van der Waals surface area (Å²) in [6.07, 6.45) is 6.03. The van der Waals surface area contributed by atoms with Crippen molar-refractivity contribution < 1.29 is 0 Å². The molecule has 0 saturated heterocycles. The summed E-state index contributed by atoms with van der Waals surface area (Å²) in [5, 5.41) is 3.33. The van der Waals surface area contributed by atoms with Gasteiger partial charge in [-0.05, 0) is 25.8 Å². The highest BCUT2D eigenvalue weighted by molar-refractivity contribution is 5.82. The first-order valence-electron chi connectivity index (χ1n) is 4.91. The molecule has 0 atom stereocenters. The van der Waals surface area contributed by atoms with E-state index in [9.17, 15) is 0 Å². The average Bonchev–Trinajstić information content (AvgIpc) is 2.33. The number of nitrogens with zero attached hydrogens (tertiary/aromatic N) is 1. The summed E-state index contributed by atoms with van der Waals surface area (Å²) in [5.41, 5.74) is 5.40. The number of aliphatic imine (C=N–C) groups is 1. The van der Waals surface area contributed by atoms with E-state index in [1.807, 2.05) is 0 Å². The first-order valence-corrected chi connectivity index (χ1v) is 4.91. The van der Waals surface area contributed by atoms with Crippen LogP contribution in [0.5, 0.6) is 0 Å². The average molecular weight is 169 g/mol. The van der Waals surface area contributed by atoms with Gasteiger partial charge in [0, 0.05) is 19.5 Å².